The summed E-state index contributed by atoms with van der Waals surface area (Å²) in [7, 11) is 0. The highest BCUT2D eigenvalue weighted by Crippen LogP contribution is 1.95. The van der Waals surface area contributed by atoms with Crippen LogP contribution in [0.4, 0.5) is 0 Å². The monoisotopic (exact) mass is 114 g/mol. The molecule has 0 atom stereocenters. The van der Waals surface area contributed by atoms with Gasteiger partial charge in [0.25, 0.3) is 0 Å². The van der Waals surface area contributed by atoms with Gasteiger partial charge in [-0.1, -0.05) is 19.9 Å². The van der Waals surface area contributed by atoms with Crippen molar-refractivity contribution < 1.29 is 9.83 Å². The summed E-state index contributed by atoms with van der Waals surface area (Å²) in [4.78, 5) is 0. The Morgan fingerprint density at radius 3 is 2.88 bits per heavy atom. The normalized spacial score (nSPS) is 10.1. The largest absolute Gasteiger partial charge is 0.463 e. The van der Waals surface area contributed by atoms with Crippen LogP contribution in [0.3, 0.4) is 0 Å². The van der Waals surface area contributed by atoms with Gasteiger partial charge in [-0.25, -0.2) is 0 Å². The Balaban J connectivity index is 3.33. The Labute approximate surface area is 49.1 Å². The first-order chi connectivity index (χ1) is 3.81. The fraction of sp³-hybridized carbons (Fsp3) is 0.500. The van der Waals surface area contributed by atoms with Crippen molar-refractivity contribution in [3.05, 3.63) is 12.2 Å². The van der Waals surface area contributed by atoms with Crippen LogP contribution < -0.4 is 5.26 Å². The molecule has 0 amide bonds. The van der Waals surface area contributed by atoms with E-state index < -0.39 is 0 Å². The molecule has 2 nitrogen and oxygen atoms in total. The minimum atomic E-state index is 0.752. The molecule has 0 saturated carbocycles. The van der Waals surface area contributed by atoms with Crippen LogP contribution in [0.15, 0.2) is 12.2 Å². The van der Waals surface area contributed by atoms with E-state index in [4.69, 9.17) is 0 Å². The lowest BCUT2D eigenvalue weighted by atomic mass is 10.2. The lowest BCUT2D eigenvalue weighted by molar-refractivity contribution is -1.04. The molecule has 0 spiro atoms. The first-order valence-corrected chi connectivity index (χ1v) is 2.61. The smallest absolute Gasteiger partial charge is 0.344 e. The third kappa shape index (κ3) is 3.40. The molecule has 0 radical (unpaired) electrons. The van der Waals surface area contributed by atoms with Gasteiger partial charge in [-0.15, -0.1) is 0 Å². The molecule has 0 saturated heterocycles. The molecule has 0 N–H and O–H groups in total. The Bertz CT molecular complexity index is 94.7. The summed E-state index contributed by atoms with van der Waals surface area (Å²) in [6.07, 6.45) is 2.96. The molecule has 0 rings (SSSR count). The molecule has 46 valence electrons. The van der Waals surface area contributed by atoms with Crippen molar-refractivity contribution in [2.45, 2.75) is 19.8 Å². The van der Waals surface area contributed by atoms with E-state index in [2.05, 4.69) is 11.2 Å². The SMILES string of the molecule is C=C(C=[O+][O-])CCC. The molecule has 0 aliphatic carbocycles. The van der Waals surface area contributed by atoms with E-state index in [-0.39, 0.29) is 0 Å². The number of carbonyl (C=O) groups excluding carboxylic acids is 1. The molecule has 0 fully saturated rings. The summed E-state index contributed by atoms with van der Waals surface area (Å²) in [6, 6.07) is 0. The number of aldehydes is 1. The minimum absolute atomic E-state index is 0.752. The highest BCUT2D eigenvalue weighted by atomic mass is 17.1. The maximum Gasteiger partial charge on any atom is 0.344 e. The van der Waals surface area contributed by atoms with E-state index in [1.807, 2.05) is 6.92 Å². The van der Waals surface area contributed by atoms with Crippen LogP contribution in [0.5, 0.6) is 0 Å². The summed E-state index contributed by atoms with van der Waals surface area (Å²) in [5.41, 5.74) is 0.752. The summed E-state index contributed by atoms with van der Waals surface area (Å²) in [6.45, 7) is 5.57. The molecular weight excluding hydrogens is 104 g/mol. The number of hydrogen-bond donors (Lipinski definition) is 0. The third-order valence-corrected chi connectivity index (χ3v) is 0.786. The second kappa shape index (κ2) is 4.37. The lowest BCUT2D eigenvalue weighted by Crippen LogP contribution is -1.98. The van der Waals surface area contributed by atoms with Gasteiger partial charge in [0.1, 0.15) is 0 Å². The van der Waals surface area contributed by atoms with Crippen molar-refractivity contribution in [2.75, 3.05) is 0 Å². The predicted molar refractivity (Wildman–Crippen MR) is 30.1 cm³/mol. The van der Waals surface area contributed by atoms with E-state index in [0.717, 1.165) is 24.7 Å². The van der Waals surface area contributed by atoms with Gasteiger partial charge < -0.3 is 5.26 Å². The Morgan fingerprint density at radius 1 is 1.88 bits per heavy atom. The molecule has 0 aliphatic rings. The van der Waals surface area contributed by atoms with Crippen molar-refractivity contribution in [3.63, 3.8) is 0 Å². The molecule has 0 aromatic heterocycles. The van der Waals surface area contributed by atoms with Crippen LogP contribution in [0, 0.1) is 0 Å². The van der Waals surface area contributed by atoms with Crippen LogP contribution in [0.2, 0.25) is 0 Å². The van der Waals surface area contributed by atoms with E-state index in [1.165, 1.54) is 0 Å². The van der Waals surface area contributed by atoms with Gasteiger partial charge in [-0.2, -0.15) is 4.58 Å². The molecular formula is C6H10O2. The first-order valence-electron chi connectivity index (χ1n) is 2.61. The maximum absolute atomic E-state index is 9.40. The zero-order valence-electron chi connectivity index (χ0n) is 5.02. The number of allylic oxidation sites excluding steroid dienone is 1. The molecule has 0 unspecified atom stereocenters. The second-order valence-corrected chi connectivity index (χ2v) is 1.62. The van der Waals surface area contributed by atoms with Gasteiger partial charge in [0.2, 0.25) is 0 Å². The third-order valence-electron chi connectivity index (χ3n) is 0.786. The average Bonchev–Trinajstić information content (AvgIpc) is 1.68. The van der Waals surface area contributed by atoms with Gasteiger partial charge in [0, 0.05) is 5.57 Å². The fourth-order valence-corrected chi connectivity index (χ4v) is 0.448. The highest BCUT2D eigenvalue weighted by molar-refractivity contribution is 5.71. The predicted octanol–water partition coefficient (Wildman–Crippen LogP) is 0.353. The molecule has 0 aliphatic heterocycles. The van der Waals surface area contributed by atoms with E-state index in [1.54, 1.807) is 0 Å². The summed E-state index contributed by atoms with van der Waals surface area (Å²) >= 11 is 0. The fourth-order valence-electron chi connectivity index (χ4n) is 0.448. The van der Waals surface area contributed by atoms with Crippen LogP contribution in [-0.2, 0) is 4.58 Å². The standard InChI is InChI=1S/C6H10O2/c1-3-4-6(2)5-8-7/h5H,2-4H2,1H3. The van der Waals surface area contributed by atoms with E-state index in [9.17, 15) is 5.26 Å². The molecule has 2 heteroatoms. The number of hydrogen-bond acceptors (Lipinski definition) is 1. The Kier molecular flexibility index (Phi) is 3.94. The molecule has 0 heterocycles. The van der Waals surface area contributed by atoms with Crippen LogP contribution >= 0.6 is 0 Å². The Morgan fingerprint density at radius 2 is 2.50 bits per heavy atom. The summed E-state index contributed by atoms with van der Waals surface area (Å²) in [5, 5.41) is 9.40. The lowest BCUT2D eigenvalue weighted by Gasteiger charge is -1.84. The topological polar surface area (TPSA) is 34.4 Å². The Hall–Kier alpha value is -0.790. The van der Waals surface area contributed by atoms with Crippen molar-refractivity contribution in [1.29, 1.82) is 0 Å². The minimum Gasteiger partial charge on any atom is -0.463 e. The second-order valence-electron chi connectivity index (χ2n) is 1.62. The first kappa shape index (κ1) is 7.21. The van der Waals surface area contributed by atoms with E-state index in [0.29, 0.717) is 0 Å². The number of rotatable bonds is 3. The summed E-state index contributed by atoms with van der Waals surface area (Å²) < 4.78 is 3.48. The van der Waals surface area contributed by atoms with E-state index >= 15 is 0 Å². The maximum atomic E-state index is 9.40. The van der Waals surface area contributed by atoms with Crippen molar-refractivity contribution in [2.24, 2.45) is 0 Å². The van der Waals surface area contributed by atoms with Gasteiger partial charge in [-0.05, 0) is 6.42 Å². The molecule has 0 bridgehead atoms. The van der Waals surface area contributed by atoms with Crippen LogP contribution in [0.25, 0.3) is 0 Å². The molecule has 0 aromatic rings. The van der Waals surface area contributed by atoms with Crippen LogP contribution in [0.1, 0.15) is 19.8 Å². The van der Waals surface area contributed by atoms with Gasteiger partial charge in [-0.3, -0.25) is 0 Å². The molecule has 0 aromatic carbocycles. The van der Waals surface area contributed by atoms with Gasteiger partial charge >= 0.3 is 6.29 Å². The van der Waals surface area contributed by atoms with Gasteiger partial charge in [0.15, 0.2) is 0 Å². The zero-order valence-corrected chi connectivity index (χ0v) is 5.02. The summed E-state index contributed by atoms with van der Waals surface area (Å²) in [5.74, 6) is 0. The average molecular weight is 114 g/mol. The van der Waals surface area contributed by atoms with Gasteiger partial charge in [0.05, 0.1) is 0 Å². The molecule has 8 heavy (non-hydrogen) atoms. The van der Waals surface area contributed by atoms with Crippen molar-refractivity contribution >= 4 is 6.29 Å². The quantitative estimate of drug-likeness (QED) is 0.171. The highest BCUT2D eigenvalue weighted by Gasteiger charge is 1.91. The van der Waals surface area contributed by atoms with Crippen LogP contribution in [-0.4, -0.2) is 6.29 Å². The van der Waals surface area contributed by atoms with Crippen molar-refractivity contribution in [1.82, 2.24) is 0 Å². The zero-order chi connectivity index (χ0) is 6.41. The van der Waals surface area contributed by atoms with Crippen molar-refractivity contribution in [3.8, 4) is 0 Å².